The smallest absolute Gasteiger partial charge is 0.186 e. The third-order valence-electron chi connectivity index (χ3n) is 8.62. The van der Waals surface area contributed by atoms with Gasteiger partial charge in [-0.1, -0.05) is 160 Å². The molecule has 4 aromatic rings. The van der Waals surface area contributed by atoms with Gasteiger partial charge in [0.05, 0.1) is 33.0 Å². The first-order chi connectivity index (χ1) is 23.8. The average Bonchev–Trinajstić information content (AvgIpc) is 3.14. The molecule has 4 aromatic carbocycles. The normalized spacial score (nSPS) is 20.9. The lowest BCUT2D eigenvalue weighted by atomic mass is 9.97. The molecule has 1 aliphatic heterocycles. The minimum atomic E-state index is -0.646. The Hall–Kier alpha value is -3.36. The van der Waals surface area contributed by atoms with Crippen molar-refractivity contribution in [1.29, 1.82) is 0 Å². The van der Waals surface area contributed by atoms with E-state index in [1.54, 1.807) is 0 Å². The van der Waals surface area contributed by atoms with Crippen molar-refractivity contribution in [2.24, 2.45) is 0 Å². The van der Waals surface area contributed by atoms with E-state index in [1.165, 1.54) is 25.7 Å². The summed E-state index contributed by atoms with van der Waals surface area (Å²) in [7, 11) is 0. The summed E-state index contributed by atoms with van der Waals surface area (Å²) in [5, 5.41) is 0. The van der Waals surface area contributed by atoms with Crippen LogP contribution in [0, 0.1) is 0 Å². The highest BCUT2D eigenvalue weighted by atomic mass is 16.7. The van der Waals surface area contributed by atoms with Crippen molar-refractivity contribution in [3.05, 3.63) is 144 Å². The Morgan fingerprint density at radius 2 is 0.896 bits per heavy atom. The first kappa shape index (κ1) is 35.9. The van der Waals surface area contributed by atoms with E-state index in [1.807, 2.05) is 72.8 Å². The number of hydrogen-bond acceptors (Lipinski definition) is 6. The number of benzene rings is 4. The Morgan fingerprint density at radius 3 is 1.42 bits per heavy atom. The molecule has 1 saturated heterocycles. The van der Waals surface area contributed by atoms with Gasteiger partial charge < -0.3 is 28.4 Å². The molecule has 0 N–H and O–H groups in total. The Labute approximate surface area is 287 Å². The van der Waals surface area contributed by atoms with E-state index < -0.39 is 30.7 Å². The van der Waals surface area contributed by atoms with Gasteiger partial charge in [-0.3, -0.25) is 0 Å². The molecule has 1 aliphatic rings. The summed E-state index contributed by atoms with van der Waals surface area (Å²) in [5.74, 6) is 0. The molecule has 1 fully saturated rings. The first-order valence-electron chi connectivity index (χ1n) is 17.7. The molecule has 0 aromatic heterocycles. The van der Waals surface area contributed by atoms with Gasteiger partial charge >= 0.3 is 0 Å². The van der Waals surface area contributed by atoms with Gasteiger partial charge in [0.25, 0.3) is 0 Å². The second kappa shape index (κ2) is 20.9. The molecule has 6 nitrogen and oxygen atoms in total. The van der Waals surface area contributed by atoms with E-state index in [0.29, 0.717) is 39.6 Å². The Balaban J connectivity index is 1.38. The van der Waals surface area contributed by atoms with E-state index in [2.05, 4.69) is 55.5 Å². The molecule has 6 heteroatoms. The van der Waals surface area contributed by atoms with Crippen molar-refractivity contribution < 1.29 is 28.4 Å². The summed E-state index contributed by atoms with van der Waals surface area (Å²) in [4.78, 5) is 0. The Kier molecular flexibility index (Phi) is 15.6. The van der Waals surface area contributed by atoms with Gasteiger partial charge in [-0.05, 0) is 28.7 Å². The third-order valence-corrected chi connectivity index (χ3v) is 8.62. The lowest BCUT2D eigenvalue weighted by Gasteiger charge is -2.46. The van der Waals surface area contributed by atoms with Crippen LogP contribution in [0.25, 0.3) is 0 Å². The molecule has 1 heterocycles. The summed E-state index contributed by atoms with van der Waals surface area (Å²) in [6, 6.07) is 40.8. The zero-order valence-electron chi connectivity index (χ0n) is 28.4. The molecule has 5 atom stereocenters. The van der Waals surface area contributed by atoms with E-state index in [9.17, 15) is 0 Å². The van der Waals surface area contributed by atoms with Gasteiger partial charge in [-0.15, -0.1) is 0 Å². The molecule has 0 amide bonds. The van der Waals surface area contributed by atoms with Crippen LogP contribution in [0.3, 0.4) is 0 Å². The highest BCUT2D eigenvalue weighted by molar-refractivity contribution is 5.16. The third kappa shape index (κ3) is 12.0. The second-order valence-corrected chi connectivity index (χ2v) is 12.5. The summed E-state index contributed by atoms with van der Waals surface area (Å²) in [5.41, 5.74) is 4.33. The van der Waals surface area contributed by atoms with Crippen LogP contribution in [-0.4, -0.2) is 43.9 Å². The van der Waals surface area contributed by atoms with E-state index in [-0.39, 0.29) is 0 Å². The molecule has 0 aliphatic carbocycles. The van der Waals surface area contributed by atoms with Crippen LogP contribution in [0.15, 0.2) is 121 Å². The SMILES string of the molecule is CCCCCCCCO[C@@H]1O[C@H](COCc2ccccc2)[C@H](OCc2ccccc2)[C@H](OCc2ccccc2)[C@H]1OCc1ccccc1. The molecule has 0 unspecified atom stereocenters. The van der Waals surface area contributed by atoms with Crippen molar-refractivity contribution in [2.45, 2.75) is 103 Å². The van der Waals surface area contributed by atoms with Crippen LogP contribution >= 0.6 is 0 Å². The fourth-order valence-electron chi connectivity index (χ4n) is 5.96. The average molecular weight is 653 g/mol. The molecule has 0 saturated carbocycles. The van der Waals surface area contributed by atoms with Crippen LogP contribution in [0.5, 0.6) is 0 Å². The molecular weight excluding hydrogens is 600 g/mol. The molecule has 5 rings (SSSR count). The lowest BCUT2D eigenvalue weighted by Crippen LogP contribution is -2.61. The molecule has 0 bridgehead atoms. The first-order valence-corrected chi connectivity index (χ1v) is 17.7. The molecule has 0 radical (unpaired) electrons. The predicted molar refractivity (Wildman–Crippen MR) is 189 cm³/mol. The van der Waals surface area contributed by atoms with Gasteiger partial charge in [0, 0.05) is 6.61 Å². The maximum Gasteiger partial charge on any atom is 0.186 e. The summed E-state index contributed by atoms with van der Waals surface area (Å²) >= 11 is 0. The Morgan fingerprint density at radius 1 is 0.458 bits per heavy atom. The molecule has 256 valence electrons. The minimum absolute atomic E-state index is 0.321. The van der Waals surface area contributed by atoms with Gasteiger partial charge in [0.15, 0.2) is 6.29 Å². The van der Waals surface area contributed by atoms with Crippen LogP contribution in [-0.2, 0) is 54.8 Å². The number of ether oxygens (including phenoxy) is 6. The van der Waals surface area contributed by atoms with Gasteiger partial charge in [-0.2, -0.15) is 0 Å². The standard InChI is InChI=1S/C42H52O6/c1-2-3-4-5-6-19-28-44-42-41(47-32-37-26-17-10-18-27-37)40(46-31-36-24-15-9-16-25-36)39(45-30-35-22-13-8-14-23-35)38(48-42)33-43-29-34-20-11-7-12-21-34/h7-18,20-27,38-42H,2-6,19,28-33H2,1H3/t38-,39+,40+,41-,42-/m1/s1. The zero-order chi connectivity index (χ0) is 33.1. The van der Waals surface area contributed by atoms with Crippen molar-refractivity contribution in [2.75, 3.05) is 13.2 Å². The fraction of sp³-hybridized carbons (Fsp3) is 0.429. The fourth-order valence-corrected chi connectivity index (χ4v) is 5.96. The summed E-state index contributed by atoms with van der Waals surface area (Å²) in [6.07, 6.45) is 4.51. The largest absolute Gasteiger partial charge is 0.374 e. The number of rotatable bonds is 21. The molecular formula is C42H52O6. The van der Waals surface area contributed by atoms with Gasteiger partial charge in [0.1, 0.15) is 24.4 Å². The maximum atomic E-state index is 6.80. The van der Waals surface area contributed by atoms with Crippen molar-refractivity contribution in [1.82, 2.24) is 0 Å². The monoisotopic (exact) mass is 652 g/mol. The Bertz CT molecular complexity index is 1370. The van der Waals surface area contributed by atoms with E-state index >= 15 is 0 Å². The highest BCUT2D eigenvalue weighted by Gasteiger charge is 2.49. The number of unbranched alkanes of at least 4 members (excludes halogenated alkanes) is 5. The predicted octanol–water partition coefficient (Wildman–Crippen LogP) is 9.06. The van der Waals surface area contributed by atoms with E-state index in [0.717, 1.165) is 35.1 Å². The number of hydrogen-bond donors (Lipinski definition) is 0. The maximum absolute atomic E-state index is 6.80. The quantitative estimate of drug-likeness (QED) is 0.0838. The zero-order valence-corrected chi connectivity index (χ0v) is 28.4. The topological polar surface area (TPSA) is 55.4 Å². The molecule has 48 heavy (non-hydrogen) atoms. The summed E-state index contributed by atoms with van der Waals surface area (Å²) in [6.45, 7) is 4.83. The van der Waals surface area contributed by atoms with Gasteiger partial charge in [-0.25, -0.2) is 0 Å². The van der Waals surface area contributed by atoms with Crippen molar-refractivity contribution in [3.63, 3.8) is 0 Å². The van der Waals surface area contributed by atoms with Crippen LogP contribution in [0.4, 0.5) is 0 Å². The van der Waals surface area contributed by atoms with Crippen molar-refractivity contribution in [3.8, 4) is 0 Å². The van der Waals surface area contributed by atoms with Crippen LogP contribution in [0.2, 0.25) is 0 Å². The van der Waals surface area contributed by atoms with Gasteiger partial charge in [0.2, 0.25) is 0 Å². The second-order valence-electron chi connectivity index (χ2n) is 12.5. The highest BCUT2D eigenvalue weighted by Crippen LogP contribution is 2.32. The van der Waals surface area contributed by atoms with Crippen LogP contribution < -0.4 is 0 Å². The lowest BCUT2D eigenvalue weighted by molar-refractivity contribution is -0.328. The minimum Gasteiger partial charge on any atom is -0.374 e. The summed E-state index contributed by atoms with van der Waals surface area (Å²) < 4.78 is 39.8. The van der Waals surface area contributed by atoms with E-state index in [4.69, 9.17) is 28.4 Å². The molecule has 0 spiro atoms. The van der Waals surface area contributed by atoms with Crippen LogP contribution in [0.1, 0.15) is 67.7 Å². The van der Waals surface area contributed by atoms with Crippen molar-refractivity contribution >= 4 is 0 Å².